The normalized spacial score (nSPS) is 24.5. The van der Waals surface area contributed by atoms with Gasteiger partial charge in [0, 0.05) is 34.2 Å². The molecule has 1 aromatic rings. The van der Waals surface area contributed by atoms with Crippen LogP contribution in [0.3, 0.4) is 0 Å². The van der Waals surface area contributed by atoms with E-state index in [0.29, 0.717) is 30.8 Å². The van der Waals surface area contributed by atoms with Crippen LogP contribution < -0.4 is 0 Å². The Labute approximate surface area is 138 Å². The molecule has 2 saturated heterocycles. The Morgan fingerprint density at radius 3 is 2.74 bits per heavy atom. The lowest BCUT2D eigenvalue weighted by Gasteiger charge is -2.24. The first-order valence-electron chi connectivity index (χ1n) is 7.79. The fraction of sp³-hybridized carbons (Fsp3) is 0.471. The van der Waals surface area contributed by atoms with Crippen LogP contribution in [0.1, 0.15) is 35.5 Å². The highest BCUT2D eigenvalue weighted by Gasteiger charge is 2.36. The van der Waals surface area contributed by atoms with E-state index in [1.807, 2.05) is 19.1 Å². The molecule has 1 amide bonds. The maximum Gasteiger partial charge on any atom is 0.286 e. The second-order valence-electron chi connectivity index (χ2n) is 6.09. The van der Waals surface area contributed by atoms with Gasteiger partial charge in [0.05, 0.1) is 13.2 Å². The van der Waals surface area contributed by atoms with Crippen LogP contribution >= 0.6 is 11.8 Å². The molecule has 2 heterocycles. The number of rotatable bonds is 2. The van der Waals surface area contributed by atoms with E-state index in [1.165, 1.54) is 11.8 Å². The van der Waals surface area contributed by atoms with Crippen molar-refractivity contribution >= 4 is 22.7 Å². The van der Waals surface area contributed by atoms with Crippen LogP contribution in [0.25, 0.3) is 5.70 Å². The maximum atomic E-state index is 14.8. The molecule has 6 heteroatoms. The van der Waals surface area contributed by atoms with E-state index in [-0.39, 0.29) is 17.1 Å². The molecule has 2 fully saturated rings. The zero-order valence-corrected chi connectivity index (χ0v) is 13.9. The number of allylic oxidation sites excluding steroid dienone is 1. The van der Waals surface area contributed by atoms with Crippen LogP contribution in [0.15, 0.2) is 12.1 Å². The minimum Gasteiger partial charge on any atom is -0.346 e. The van der Waals surface area contributed by atoms with Crippen LogP contribution in [0.2, 0.25) is 0 Å². The topological polar surface area (TPSA) is 38.8 Å². The minimum absolute atomic E-state index is 0.0347. The first kappa shape index (κ1) is 15.2. The molecule has 122 valence electrons. The van der Waals surface area contributed by atoms with E-state index in [9.17, 15) is 9.18 Å². The summed E-state index contributed by atoms with van der Waals surface area (Å²) in [6.45, 7) is 4.81. The summed E-state index contributed by atoms with van der Waals surface area (Å²) in [6.07, 6.45) is 1.96. The van der Waals surface area contributed by atoms with E-state index in [4.69, 9.17) is 9.47 Å². The lowest BCUT2D eigenvalue weighted by atomic mass is 9.98. The number of hydrogen-bond donors (Lipinski definition) is 0. The quantitative estimate of drug-likeness (QED) is 0.827. The van der Waals surface area contributed by atoms with Crippen molar-refractivity contribution in [2.75, 3.05) is 19.0 Å². The molecule has 4 nitrogen and oxygen atoms in total. The molecular weight excluding hydrogens is 317 g/mol. The smallest absolute Gasteiger partial charge is 0.286 e. The van der Waals surface area contributed by atoms with Gasteiger partial charge < -0.3 is 9.47 Å². The van der Waals surface area contributed by atoms with Crippen LogP contribution in [-0.4, -0.2) is 35.1 Å². The fourth-order valence-electron chi connectivity index (χ4n) is 3.42. The van der Waals surface area contributed by atoms with Crippen LogP contribution in [0, 0.1) is 12.7 Å². The summed E-state index contributed by atoms with van der Waals surface area (Å²) in [7, 11) is 0. The maximum absolute atomic E-state index is 14.8. The van der Waals surface area contributed by atoms with Gasteiger partial charge in [0.1, 0.15) is 5.82 Å². The van der Waals surface area contributed by atoms with Crippen molar-refractivity contribution in [1.29, 1.82) is 0 Å². The third-order valence-corrected chi connectivity index (χ3v) is 5.74. The molecule has 3 aliphatic rings. The zero-order valence-electron chi connectivity index (χ0n) is 13.1. The van der Waals surface area contributed by atoms with Gasteiger partial charge in [0.2, 0.25) is 0 Å². The SMILES string of the molecule is Cc1c(C2OCCO2)cc2c(c1F)CC=C2N1C(=O)SC[C@H]1C. The molecular formula is C17H18FNO3S. The summed E-state index contributed by atoms with van der Waals surface area (Å²) < 4.78 is 25.9. The third kappa shape index (κ3) is 2.31. The van der Waals surface area contributed by atoms with Crippen molar-refractivity contribution in [3.63, 3.8) is 0 Å². The summed E-state index contributed by atoms with van der Waals surface area (Å²) in [6, 6.07) is 2.06. The van der Waals surface area contributed by atoms with Crippen molar-refractivity contribution in [2.45, 2.75) is 32.6 Å². The number of carbonyl (C=O) groups is 1. The molecule has 0 radical (unpaired) electrons. The van der Waals surface area contributed by atoms with Crippen LogP contribution in [-0.2, 0) is 15.9 Å². The predicted molar refractivity (Wildman–Crippen MR) is 86.6 cm³/mol. The molecule has 0 N–H and O–H groups in total. The monoisotopic (exact) mass is 335 g/mol. The Balaban J connectivity index is 1.79. The average molecular weight is 335 g/mol. The van der Waals surface area contributed by atoms with Gasteiger partial charge in [-0.3, -0.25) is 9.69 Å². The zero-order chi connectivity index (χ0) is 16.1. The predicted octanol–water partition coefficient (Wildman–Crippen LogP) is 3.63. The molecule has 0 saturated carbocycles. The second-order valence-corrected chi connectivity index (χ2v) is 7.07. The number of fused-ring (bicyclic) bond motifs is 1. The molecule has 1 atom stereocenters. The summed E-state index contributed by atoms with van der Waals surface area (Å²) in [5, 5.41) is 0.0347. The van der Waals surface area contributed by atoms with Gasteiger partial charge in [0.25, 0.3) is 5.24 Å². The molecule has 23 heavy (non-hydrogen) atoms. The lowest BCUT2D eigenvalue weighted by molar-refractivity contribution is -0.0447. The molecule has 1 aliphatic carbocycles. The molecule has 2 aliphatic heterocycles. The minimum atomic E-state index is -0.516. The third-order valence-electron chi connectivity index (χ3n) is 4.65. The number of benzene rings is 1. The lowest BCUT2D eigenvalue weighted by Crippen LogP contribution is -2.29. The van der Waals surface area contributed by atoms with E-state index >= 15 is 0 Å². The summed E-state index contributed by atoms with van der Waals surface area (Å²) in [5.74, 6) is 0.552. The Morgan fingerprint density at radius 1 is 1.35 bits per heavy atom. The molecule has 0 unspecified atom stereocenters. The first-order chi connectivity index (χ1) is 11.1. The number of ether oxygens (including phenoxy) is 2. The van der Waals surface area contributed by atoms with Gasteiger partial charge in [-0.1, -0.05) is 17.8 Å². The second kappa shape index (κ2) is 5.61. The van der Waals surface area contributed by atoms with E-state index < -0.39 is 6.29 Å². The fourth-order valence-corrected chi connectivity index (χ4v) is 4.37. The Hall–Kier alpha value is -1.37. The number of amides is 1. The molecule has 4 rings (SSSR count). The van der Waals surface area contributed by atoms with Crippen molar-refractivity contribution in [3.8, 4) is 0 Å². The van der Waals surface area contributed by atoms with Gasteiger partial charge in [-0.2, -0.15) is 0 Å². The summed E-state index contributed by atoms with van der Waals surface area (Å²) in [5.41, 5.74) is 3.57. The highest BCUT2D eigenvalue weighted by molar-refractivity contribution is 8.13. The van der Waals surface area contributed by atoms with Gasteiger partial charge in [-0.05, 0) is 31.9 Å². The highest BCUT2D eigenvalue weighted by Crippen LogP contribution is 2.41. The first-order valence-corrected chi connectivity index (χ1v) is 8.78. The van der Waals surface area contributed by atoms with Gasteiger partial charge in [-0.15, -0.1) is 0 Å². The van der Waals surface area contributed by atoms with Crippen molar-refractivity contribution in [3.05, 3.63) is 40.2 Å². The number of carbonyl (C=O) groups excluding carboxylic acids is 1. The van der Waals surface area contributed by atoms with Gasteiger partial charge >= 0.3 is 0 Å². The van der Waals surface area contributed by atoms with Crippen molar-refractivity contribution < 1.29 is 18.7 Å². The van der Waals surface area contributed by atoms with Gasteiger partial charge in [0.15, 0.2) is 6.29 Å². The van der Waals surface area contributed by atoms with Crippen molar-refractivity contribution in [1.82, 2.24) is 4.90 Å². The molecule has 0 bridgehead atoms. The van der Waals surface area contributed by atoms with Crippen LogP contribution in [0.5, 0.6) is 0 Å². The molecule has 0 aromatic heterocycles. The number of thioether (sulfide) groups is 1. The van der Waals surface area contributed by atoms with Crippen molar-refractivity contribution in [2.24, 2.45) is 0 Å². The molecule has 0 spiro atoms. The number of halogens is 1. The Morgan fingerprint density at radius 2 is 2.09 bits per heavy atom. The number of nitrogens with zero attached hydrogens (tertiary/aromatic N) is 1. The largest absolute Gasteiger partial charge is 0.346 e. The van der Waals surface area contributed by atoms with E-state index in [1.54, 1.807) is 11.8 Å². The van der Waals surface area contributed by atoms with Gasteiger partial charge in [-0.25, -0.2) is 4.39 Å². The van der Waals surface area contributed by atoms with Crippen LogP contribution in [0.4, 0.5) is 9.18 Å². The standard InChI is InChI=1S/C17H18FNO3S/c1-9-8-23-17(20)19(9)14-4-3-11-13(14)7-12(10(2)15(11)18)16-21-5-6-22-16/h4,7,9,16H,3,5-6,8H2,1-2H3/t9-/m1/s1. The molecule has 1 aromatic carbocycles. The van der Waals surface area contributed by atoms with E-state index in [0.717, 1.165) is 22.6 Å². The summed E-state index contributed by atoms with van der Waals surface area (Å²) >= 11 is 1.31. The van der Waals surface area contributed by atoms with E-state index in [2.05, 4.69) is 0 Å². The number of hydrogen-bond acceptors (Lipinski definition) is 4. The average Bonchev–Trinajstić information content (AvgIpc) is 3.24. The Bertz CT molecular complexity index is 712. The summed E-state index contributed by atoms with van der Waals surface area (Å²) in [4.78, 5) is 14.0. The highest BCUT2D eigenvalue weighted by atomic mass is 32.2. The Kier molecular flexibility index (Phi) is 3.70.